The van der Waals surface area contributed by atoms with Crippen LogP contribution in [0.3, 0.4) is 0 Å². The van der Waals surface area contributed by atoms with Crippen molar-refractivity contribution in [3.63, 3.8) is 0 Å². The van der Waals surface area contributed by atoms with E-state index in [2.05, 4.69) is 0 Å². The van der Waals surface area contributed by atoms with Gasteiger partial charge in [0.2, 0.25) is 10.0 Å². The third-order valence-electron chi connectivity index (χ3n) is 3.14. The van der Waals surface area contributed by atoms with Gasteiger partial charge >= 0.3 is 0 Å². The molecule has 104 valence electrons. The molecule has 0 aromatic heterocycles. The molecule has 1 saturated heterocycles. The third-order valence-corrected chi connectivity index (χ3v) is 5.00. The van der Waals surface area contributed by atoms with Gasteiger partial charge in [-0.15, -0.1) is 0 Å². The van der Waals surface area contributed by atoms with E-state index >= 15 is 0 Å². The molecular formula is C11H14N2O5S. The number of hydrogen-bond donors (Lipinski definition) is 1. The van der Waals surface area contributed by atoms with Crippen molar-refractivity contribution in [2.45, 2.75) is 24.3 Å². The van der Waals surface area contributed by atoms with E-state index in [0.717, 1.165) is 10.4 Å². The van der Waals surface area contributed by atoms with Crippen molar-refractivity contribution in [2.75, 3.05) is 13.1 Å². The molecule has 1 atom stereocenters. The number of nitrogens with zero attached hydrogens (tertiary/aromatic N) is 2. The van der Waals surface area contributed by atoms with Crippen LogP contribution in [0.2, 0.25) is 0 Å². The molecule has 0 saturated carbocycles. The molecule has 2 rings (SSSR count). The Morgan fingerprint density at radius 2 is 2.16 bits per heavy atom. The lowest BCUT2D eigenvalue weighted by molar-refractivity contribution is -0.385. The summed E-state index contributed by atoms with van der Waals surface area (Å²) in [5.41, 5.74) is 0.186. The van der Waals surface area contributed by atoms with Gasteiger partial charge in [0.05, 0.1) is 15.9 Å². The van der Waals surface area contributed by atoms with Crippen LogP contribution in [0.5, 0.6) is 0 Å². The summed E-state index contributed by atoms with van der Waals surface area (Å²) >= 11 is 0. The van der Waals surface area contributed by atoms with Gasteiger partial charge < -0.3 is 5.11 Å². The fraction of sp³-hybridized carbons (Fsp3) is 0.455. The number of aryl methyl sites for hydroxylation is 1. The monoisotopic (exact) mass is 286 g/mol. The summed E-state index contributed by atoms with van der Waals surface area (Å²) in [4.78, 5) is 10.1. The fourth-order valence-electron chi connectivity index (χ4n) is 2.02. The Morgan fingerprint density at radius 3 is 2.68 bits per heavy atom. The molecule has 7 nitrogen and oxygen atoms in total. The topological polar surface area (TPSA) is 101 Å². The average molecular weight is 286 g/mol. The maximum absolute atomic E-state index is 12.3. The second kappa shape index (κ2) is 4.87. The van der Waals surface area contributed by atoms with Gasteiger partial charge in [-0.3, -0.25) is 10.1 Å². The molecule has 1 aromatic rings. The lowest BCUT2D eigenvalue weighted by atomic mass is 10.2. The van der Waals surface area contributed by atoms with E-state index < -0.39 is 21.1 Å². The molecule has 1 heterocycles. The van der Waals surface area contributed by atoms with Crippen LogP contribution in [0.25, 0.3) is 0 Å². The number of benzene rings is 1. The minimum atomic E-state index is -3.78. The molecule has 1 N–H and O–H groups in total. The molecule has 0 bridgehead atoms. The van der Waals surface area contributed by atoms with Gasteiger partial charge in [0.25, 0.3) is 5.69 Å². The van der Waals surface area contributed by atoms with E-state index in [-0.39, 0.29) is 23.7 Å². The van der Waals surface area contributed by atoms with E-state index in [9.17, 15) is 23.6 Å². The number of aliphatic hydroxyl groups is 1. The number of nitro benzene ring substituents is 1. The maximum atomic E-state index is 12.3. The van der Waals surface area contributed by atoms with Gasteiger partial charge in [-0.2, -0.15) is 4.31 Å². The second-order valence-electron chi connectivity index (χ2n) is 4.51. The Balaban J connectivity index is 2.41. The number of rotatable bonds is 3. The van der Waals surface area contributed by atoms with Crippen LogP contribution >= 0.6 is 0 Å². The Bertz CT molecular complexity index is 614. The number of aliphatic hydroxyl groups excluding tert-OH is 1. The molecule has 0 aliphatic carbocycles. The molecule has 0 spiro atoms. The lowest BCUT2D eigenvalue weighted by Gasteiger charge is -2.15. The second-order valence-corrected chi connectivity index (χ2v) is 6.45. The molecule has 0 radical (unpaired) electrons. The van der Waals surface area contributed by atoms with Gasteiger partial charge in [0.1, 0.15) is 0 Å². The van der Waals surface area contributed by atoms with Crippen molar-refractivity contribution in [3.8, 4) is 0 Å². The zero-order valence-corrected chi connectivity index (χ0v) is 11.1. The molecule has 0 amide bonds. The number of hydrogen-bond acceptors (Lipinski definition) is 5. The van der Waals surface area contributed by atoms with Crippen molar-refractivity contribution in [2.24, 2.45) is 0 Å². The number of sulfonamides is 1. The highest BCUT2D eigenvalue weighted by Crippen LogP contribution is 2.26. The summed E-state index contributed by atoms with van der Waals surface area (Å²) in [7, 11) is -3.78. The van der Waals surface area contributed by atoms with Crippen LogP contribution in [-0.2, 0) is 10.0 Å². The highest BCUT2D eigenvalue weighted by atomic mass is 32.2. The zero-order valence-electron chi connectivity index (χ0n) is 10.3. The predicted molar refractivity (Wildman–Crippen MR) is 67.2 cm³/mol. The summed E-state index contributed by atoms with van der Waals surface area (Å²) in [5.74, 6) is 0. The highest BCUT2D eigenvalue weighted by Gasteiger charge is 2.32. The molecule has 1 unspecified atom stereocenters. The van der Waals surface area contributed by atoms with Gasteiger partial charge in [0.15, 0.2) is 0 Å². The van der Waals surface area contributed by atoms with Crippen LogP contribution < -0.4 is 0 Å². The van der Waals surface area contributed by atoms with Crippen molar-refractivity contribution in [3.05, 3.63) is 33.9 Å². The molecule has 1 aliphatic rings. The van der Waals surface area contributed by atoms with Crippen LogP contribution in [0.15, 0.2) is 23.1 Å². The van der Waals surface area contributed by atoms with Crippen LogP contribution in [0.1, 0.15) is 12.0 Å². The summed E-state index contributed by atoms with van der Waals surface area (Å²) in [5, 5.41) is 20.2. The third kappa shape index (κ3) is 2.60. The van der Waals surface area contributed by atoms with Crippen molar-refractivity contribution in [1.29, 1.82) is 0 Å². The van der Waals surface area contributed by atoms with Gasteiger partial charge in [-0.25, -0.2) is 8.42 Å². The van der Waals surface area contributed by atoms with E-state index in [1.165, 1.54) is 12.1 Å². The lowest BCUT2D eigenvalue weighted by Crippen LogP contribution is -2.29. The van der Waals surface area contributed by atoms with Crippen molar-refractivity contribution in [1.82, 2.24) is 4.31 Å². The number of β-amino-alcohol motifs (C(OH)–C–C–N with tert-alkyl or cyclic N) is 1. The quantitative estimate of drug-likeness (QED) is 0.649. The average Bonchev–Trinajstić information content (AvgIpc) is 2.76. The molecule has 8 heteroatoms. The molecule has 1 aliphatic heterocycles. The van der Waals surface area contributed by atoms with Gasteiger partial charge in [0, 0.05) is 24.7 Å². The first kappa shape index (κ1) is 13.9. The minimum Gasteiger partial charge on any atom is -0.392 e. The Morgan fingerprint density at radius 1 is 1.47 bits per heavy atom. The fourth-order valence-corrected chi connectivity index (χ4v) is 3.54. The maximum Gasteiger partial charge on any atom is 0.273 e. The summed E-state index contributed by atoms with van der Waals surface area (Å²) in [6.45, 7) is 1.81. The molecular weight excluding hydrogens is 272 g/mol. The first-order valence-corrected chi connectivity index (χ1v) is 7.19. The minimum absolute atomic E-state index is 0.0318. The van der Waals surface area contributed by atoms with Crippen molar-refractivity contribution >= 4 is 15.7 Å². The molecule has 1 fully saturated rings. The van der Waals surface area contributed by atoms with Gasteiger partial charge in [-0.1, -0.05) is 6.07 Å². The van der Waals surface area contributed by atoms with E-state index in [1.807, 2.05) is 0 Å². The van der Waals surface area contributed by atoms with E-state index in [4.69, 9.17) is 0 Å². The number of nitro groups is 1. The normalized spacial score (nSPS) is 20.6. The van der Waals surface area contributed by atoms with Crippen LogP contribution in [0.4, 0.5) is 5.69 Å². The smallest absolute Gasteiger partial charge is 0.273 e. The Kier molecular flexibility index (Phi) is 3.57. The van der Waals surface area contributed by atoms with Gasteiger partial charge in [-0.05, 0) is 19.4 Å². The summed E-state index contributed by atoms with van der Waals surface area (Å²) in [6.07, 6.45) is -0.289. The highest BCUT2D eigenvalue weighted by molar-refractivity contribution is 7.89. The van der Waals surface area contributed by atoms with E-state index in [0.29, 0.717) is 12.0 Å². The Hall–Kier alpha value is -1.51. The standard InChI is InChI=1S/C11H14N2O5S/c1-8-2-3-10(6-11(8)13(15)16)19(17,18)12-5-4-9(14)7-12/h2-3,6,9,14H,4-5,7H2,1H3. The molecule has 19 heavy (non-hydrogen) atoms. The molecule has 1 aromatic carbocycles. The first-order chi connectivity index (χ1) is 8.82. The summed E-state index contributed by atoms with van der Waals surface area (Å²) in [6, 6.07) is 3.83. The van der Waals surface area contributed by atoms with Crippen molar-refractivity contribution < 1.29 is 18.4 Å². The van der Waals surface area contributed by atoms with Crippen LogP contribution in [-0.4, -0.2) is 41.9 Å². The first-order valence-electron chi connectivity index (χ1n) is 5.75. The Labute approximate surface area is 110 Å². The zero-order chi connectivity index (χ0) is 14.2. The SMILES string of the molecule is Cc1ccc(S(=O)(=O)N2CCC(O)C2)cc1[N+](=O)[O-]. The predicted octanol–water partition coefficient (Wildman–Crippen LogP) is 0.659. The van der Waals surface area contributed by atoms with Crippen LogP contribution in [0, 0.1) is 17.0 Å². The summed E-state index contributed by atoms with van der Waals surface area (Å²) < 4.78 is 25.7. The largest absolute Gasteiger partial charge is 0.392 e. The van der Waals surface area contributed by atoms with E-state index in [1.54, 1.807) is 6.92 Å².